The van der Waals surface area contributed by atoms with E-state index in [0.29, 0.717) is 11.3 Å². The molecule has 0 saturated heterocycles. The van der Waals surface area contributed by atoms with Crippen molar-refractivity contribution in [3.63, 3.8) is 0 Å². The zero-order valence-corrected chi connectivity index (χ0v) is 8.38. The number of ketones is 1. The van der Waals surface area contributed by atoms with Crippen molar-refractivity contribution in [2.45, 2.75) is 12.5 Å². The van der Waals surface area contributed by atoms with E-state index in [2.05, 4.69) is 4.99 Å². The molecule has 1 aliphatic heterocycles. The molecule has 0 unspecified atom stereocenters. The molecule has 5 heteroatoms. The number of carboxylic acid groups (broad SMARTS) is 1. The van der Waals surface area contributed by atoms with E-state index >= 15 is 0 Å². The third-order valence-corrected chi connectivity index (χ3v) is 2.40. The van der Waals surface area contributed by atoms with Crippen LogP contribution in [0.25, 0.3) is 0 Å². The molecule has 1 aliphatic rings. The summed E-state index contributed by atoms with van der Waals surface area (Å²) in [5.41, 5.74) is 6.67. The van der Waals surface area contributed by atoms with Gasteiger partial charge in [0, 0.05) is 12.0 Å². The maximum absolute atomic E-state index is 11.8. The summed E-state index contributed by atoms with van der Waals surface area (Å²) in [6.45, 7) is 0. The van der Waals surface area contributed by atoms with Gasteiger partial charge in [0.25, 0.3) is 0 Å². The Morgan fingerprint density at radius 2 is 2.12 bits per heavy atom. The van der Waals surface area contributed by atoms with E-state index in [4.69, 9.17) is 10.8 Å². The van der Waals surface area contributed by atoms with Crippen LogP contribution in [-0.2, 0) is 4.79 Å². The Labute approximate surface area is 91.6 Å². The molecule has 0 amide bonds. The van der Waals surface area contributed by atoms with Gasteiger partial charge in [-0.05, 0) is 12.1 Å². The molecule has 0 radical (unpaired) electrons. The third-order valence-electron chi connectivity index (χ3n) is 2.40. The highest BCUT2D eigenvalue weighted by atomic mass is 16.4. The first-order chi connectivity index (χ1) is 7.59. The summed E-state index contributed by atoms with van der Waals surface area (Å²) in [6.07, 6.45) is -0.0388. The minimum absolute atomic E-state index is 0.0388. The van der Waals surface area contributed by atoms with Crippen LogP contribution in [0.2, 0.25) is 0 Å². The van der Waals surface area contributed by atoms with Gasteiger partial charge in [-0.1, -0.05) is 12.1 Å². The van der Waals surface area contributed by atoms with Crippen LogP contribution >= 0.6 is 0 Å². The molecule has 0 bridgehead atoms. The zero-order valence-electron chi connectivity index (χ0n) is 8.38. The lowest BCUT2D eigenvalue weighted by Gasteiger charge is -2.04. The zero-order chi connectivity index (χ0) is 11.7. The monoisotopic (exact) mass is 218 g/mol. The number of aliphatic imine (C=N–C) groups is 1. The highest BCUT2D eigenvalue weighted by molar-refractivity contribution is 6.50. The van der Waals surface area contributed by atoms with Gasteiger partial charge in [0.2, 0.25) is 5.78 Å². The molecule has 2 rings (SSSR count). The van der Waals surface area contributed by atoms with E-state index in [-0.39, 0.29) is 17.9 Å². The van der Waals surface area contributed by atoms with Gasteiger partial charge in [-0.15, -0.1) is 0 Å². The molecule has 0 saturated carbocycles. The molecule has 1 aromatic carbocycles. The van der Waals surface area contributed by atoms with Crippen molar-refractivity contribution < 1.29 is 14.7 Å². The highest BCUT2D eigenvalue weighted by Crippen LogP contribution is 2.27. The summed E-state index contributed by atoms with van der Waals surface area (Å²) in [6, 6.07) is 5.81. The number of rotatable bonds is 3. The molecule has 1 heterocycles. The standard InChI is InChI=1S/C11H10N2O3/c12-7(11(15)16)5-9-10(14)6-3-1-2-4-8(6)13-9/h1-4,7H,5,12H2,(H,15,16)/t7-/m0/s1. The van der Waals surface area contributed by atoms with E-state index in [1.54, 1.807) is 24.3 Å². The Morgan fingerprint density at radius 1 is 1.44 bits per heavy atom. The van der Waals surface area contributed by atoms with Crippen molar-refractivity contribution in [1.29, 1.82) is 0 Å². The van der Waals surface area contributed by atoms with E-state index in [1.807, 2.05) is 0 Å². The predicted octanol–water partition coefficient (Wildman–Crippen LogP) is 0.757. The van der Waals surface area contributed by atoms with Gasteiger partial charge in [0.05, 0.1) is 11.4 Å². The van der Waals surface area contributed by atoms with Gasteiger partial charge < -0.3 is 10.8 Å². The number of nitrogens with two attached hydrogens (primary N) is 1. The third kappa shape index (κ3) is 1.72. The van der Waals surface area contributed by atoms with E-state index < -0.39 is 12.0 Å². The quantitative estimate of drug-likeness (QED) is 0.783. The second-order valence-corrected chi connectivity index (χ2v) is 3.55. The number of para-hydroxylation sites is 1. The van der Waals surface area contributed by atoms with E-state index in [0.717, 1.165) is 0 Å². The van der Waals surface area contributed by atoms with Crippen molar-refractivity contribution in [2.75, 3.05) is 0 Å². The Bertz CT molecular complexity index is 494. The largest absolute Gasteiger partial charge is 0.480 e. The Balaban J connectivity index is 2.23. The molecular weight excluding hydrogens is 208 g/mol. The number of aliphatic carboxylic acids is 1. The molecule has 0 fully saturated rings. The molecule has 0 aromatic heterocycles. The van der Waals surface area contributed by atoms with Crippen LogP contribution < -0.4 is 5.73 Å². The summed E-state index contributed by atoms with van der Waals surface area (Å²) in [5, 5.41) is 8.65. The fraction of sp³-hybridized carbons (Fsp3) is 0.182. The van der Waals surface area contributed by atoms with Crippen LogP contribution in [0.3, 0.4) is 0 Å². The van der Waals surface area contributed by atoms with Crippen LogP contribution in [0.1, 0.15) is 16.8 Å². The summed E-state index contributed by atoms with van der Waals surface area (Å²) < 4.78 is 0. The fourth-order valence-electron chi connectivity index (χ4n) is 1.55. The Hall–Kier alpha value is -2.01. The van der Waals surface area contributed by atoms with Crippen molar-refractivity contribution in [2.24, 2.45) is 10.7 Å². The first kappa shape index (κ1) is 10.5. The molecule has 0 aliphatic carbocycles. The number of fused-ring (bicyclic) bond motifs is 1. The van der Waals surface area contributed by atoms with Crippen molar-refractivity contribution in [3.05, 3.63) is 29.8 Å². The average Bonchev–Trinajstić information content (AvgIpc) is 2.56. The molecule has 5 nitrogen and oxygen atoms in total. The lowest BCUT2D eigenvalue weighted by atomic mass is 10.0. The van der Waals surface area contributed by atoms with Crippen LogP contribution in [0, 0.1) is 0 Å². The lowest BCUT2D eigenvalue weighted by molar-refractivity contribution is -0.138. The van der Waals surface area contributed by atoms with Gasteiger partial charge in [0.1, 0.15) is 6.04 Å². The molecule has 3 N–H and O–H groups in total. The molecule has 82 valence electrons. The number of carbonyl (C=O) groups excluding carboxylic acids is 1. The average molecular weight is 218 g/mol. The first-order valence-electron chi connectivity index (χ1n) is 4.79. The normalized spacial score (nSPS) is 15.6. The molecule has 1 atom stereocenters. The van der Waals surface area contributed by atoms with Gasteiger partial charge in [-0.25, -0.2) is 4.99 Å². The Kier molecular flexibility index (Phi) is 2.54. The molecule has 0 spiro atoms. The summed E-state index contributed by atoms with van der Waals surface area (Å²) >= 11 is 0. The van der Waals surface area contributed by atoms with Crippen LogP contribution in [0.15, 0.2) is 29.3 Å². The second-order valence-electron chi connectivity index (χ2n) is 3.55. The van der Waals surface area contributed by atoms with Gasteiger partial charge in [0.15, 0.2) is 0 Å². The molecule has 1 aromatic rings. The fourth-order valence-corrected chi connectivity index (χ4v) is 1.55. The maximum Gasteiger partial charge on any atom is 0.320 e. The van der Waals surface area contributed by atoms with Gasteiger partial charge >= 0.3 is 5.97 Å². The lowest BCUT2D eigenvalue weighted by Crippen LogP contribution is -2.33. The highest BCUT2D eigenvalue weighted by Gasteiger charge is 2.27. The minimum atomic E-state index is -1.13. The van der Waals surface area contributed by atoms with Gasteiger partial charge in [-0.2, -0.15) is 0 Å². The number of hydrogen-bond donors (Lipinski definition) is 2. The van der Waals surface area contributed by atoms with E-state index in [1.165, 1.54) is 0 Å². The predicted molar refractivity (Wildman–Crippen MR) is 58.1 cm³/mol. The summed E-state index contributed by atoms with van der Waals surface area (Å²) in [5.74, 6) is -1.36. The smallest absolute Gasteiger partial charge is 0.320 e. The minimum Gasteiger partial charge on any atom is -0.480 e. The number of nitrogens with zero attached hydrogens (tertiary/aromatic N) is 1. The molecular formula is C11H10N2O3. The number of hydrogen-bond acceptors (Lipinski definition) is 4. The van der Waals surface area contributed by atoms with Crippen molar-refractivity contribution >= 4 is 23.2 Å². The number of benzene rings is 1. The SMILES string of the molecule is N[C@@H](CC1=Nc2ccccc2C1=O)C(=O)O. The van der Waals surface area contributed by atoms with Crippen LogP contribution in [0.5, 0.6) is 0 Å². The first-order valence-corrected chi connectivity index (χ1v) is 4.79. The number of carboxylic acids is 1. The Morgan fingerprint density at radius 3 is 2.75 bits per heavy atom. The van der Waals surface area contributed by atoms with Crippen LogP contribution in [-0.4, -0.2) is 28.6 Å². The van der Waals surface area contributed by atoms with Crippen LogP contribution in [0.4, 0.5) is 5.69 Å². The number of Topliss-reactive ketones (excluding diaryl/α,β-unsaturated/α-hetero) is 1. The molecule has 16 heavy (non-hydrogen) atoms. The second kappa shape index (κ2) is 3.86. The number of carbonyl (C=O) groups is 2. The summed E-state index contributed by atoms with van der Waals surface area (Å²) in [4.78, 5) is 26.4. The maximum atomic E-state index is 11.8. The van der Waals surface area contributed by atoms with Gasteiger partial charge in [-0.3, -0.25) is 9.59 Å². The van der Waals surface area contributed by atoms with E-state index in [9.17, 15) is 9.59 Å². The van der Waals surface area contributed by atoms with Crippen molar-refractivity contribution in [3.8, 4) is 0 Å². The van der Waals surface area contributed by atoms with Crippen molar-refractivity contribution in [1.82, 2.24) is 0 Å². The topological polar surface area (TPSA) is 92.8 Å². The summed E-state index contributed by atoms with van der Waals surface area (Å²) in [7, 11) is 0.